The molecule has 0 aliphatic carbocycles. The summed E-state index contributed by atoms with van der Waals surface area (Å²) in [5.74, 6) is -0.280. The Bertz CT molecular complexity index is 1370. The number of carbonyl (C=O) groups excluding carboxylic acids is 2. The third-order valence-electron chi connectivity index (χ3n) is 5.12. The van der Waals surface area contributed by atoms with Crippen molar-refractivity contribution in [2.45, 2.75) is 13.2 Å². The number of aromatic nitrogens is 1. The van der Waals surface area contributed by atoms with Crippen LogP contribution in [0.25, 0.3) is 22.2 Å². The van der Waals surface area contributed by atoms with Crippen molar-refractivity contribution in [1.29, 1.82) is 0 Å². The first-order valence-corrected chi connectivity index (χ1v) is 10.3. The largest absolute Gasteiger partial charge is 0.493 e. The Morgan fingerprint density at radius 3 is 2.51 bits per heavy atom. The van der Waals surface area contributed by atoms with Gasteiger partial charge in [-0.25, -0.2) is 4.79 Å². The maximum absolute atomic E-state index is 12.4. The number of ether oxygens (including phenoxy) is 2. The number of nitrogens with two attached hydrogens (primary N) is 1. The van der Waals surface area contributed by atoms with Gasteiger partial charge in [0, 0.05) is 17.8 Å². The van der Waals surface area contributed by atoms with E-state index in [0.29, 0.717) is 33.6 Å². The molecule has 11 heteroatoms. The number of nitrogens with one attached hydrogen (secondary N) is 2. The number of fused-ring (bicyclic) bond motifs is 1. The molecule has 0 aliphatic rings. The second-order valence-electron chi connectivity index (χ2n) is 7.28. The highest BCUT2D eigenvalue weighted by Crippen LogP contribution is 2.37. The summed E-state index contributed by atoms with van der Waals surface area (Å²) in [6, 6.07) is 15.2. The van der Waals surface area contributed by atoms with E-state index in [1.807, 2.05) is 0 Å². The van der Waals surface area contributed by atoms with Gasteiger partial charge >= 0.3 is 12.6 Å². The molecule has 9 nitrogen and oxygen atoms in total. The zero-order valence-electron chi connectivity index (χ0n) is 18.4. The molecule has 3 amide bonds. The van der Waals surface area contributed by atoms with E-state index in [0.717, 1.165) is 0 Å². The molecule has 0 spiro atoms. The van der Waals surface area contributed by atoms with E-state index in [9.17, 15) is 18.4 Å². The van der Waals surface area contributed by atoms with Gasteiger partial charge in [-0.15, -0.1) is 0 Å². The van der Waals surface area contributed by atoms with Crippen molar-refractivity contribution < 1.29 is 32.4 Å². The zero-order chi connectivity index (χ0) is 24.9. The minimum atomic E-state index is -2.93. The van der Waals surface area contributed by atoms with Crippen molar-refractivity contribution in [2.75, 3.05) is 12.4 Å². The van der Waals surface area contributed by atoms with E-state index < -0.39 is 18.5 Å². The molecule has 0 radical (unpaired) electrons. The SMILES string of the molecule is COc1ccc(C(N)=O)c2c(-c3ccccc3CNC(=O)Nc3ccc(OC(F)F)cc3)noc12. The number of urea groups is 1. The number of amides is 3. The van der Waals surface area contributed by atoms with E-state index in [1.54, 1.807) is 30.3 Å². The minimum Gasteiger partial charge on any atom is -0.493 e. The predicted octanol–water partition coefficient (Wildman–Crippen LogP) is 4.53. The van der Waals surface area contributed by atoms with E-state index >= 15 is 0 Å². The predicted molar refractivity (Wildman–Crippen MR) is 123 cm³/mol. The molecule has 0 saturated carbocycles. The number of alkyl halides is 2. The lowest BCUT2D eigenvalue weighted by Gasteiger charge is -2.11. The molecule has 0 saturated heterocycles. The van der Waals surface area contributed by atoms with Crippen LogP contribution in [0.15, 0.2) is 65.2 Å². The number of carbonyl (C=O) groups is 2. The zero-order valence-corrected chi connectivity index (χ0v) is 18.4. The topological polar surface area (TPSA) is 129 Å². The summed E-state index contributed by atoms with van der Waals surface area (Å²) in [6.45, 7) is -2.82. The number of hydrogen-bond donors (Lipinski definition) is 3. The van der Waals surface area contributed by atoms with Crippen LogP contribution in [0.3, 0.4) is 0 Å². The average molecular weight is 482 g/mol. The Balaban J connectivity index is 1.55. The molecular formula is C24H20F2N4O5. The van der Waals surface area contributed by atoms with Crippen LogP contribution in [0.1, 0.15) is 15.9 Å². The first kappa shape index (κ1) is 23.5. The first-order chi connectivity index (χ1) is 16.9. The molecule has 3 aromatic carbocycles. The van der Waals surface area contributed by atoms with Gasteiger partial charge in [-0.2, -0.15) is 8.78 Å². The molecule has 0 aliphatic heterocycles. The smallest absolute Gasteiger partial charge is 0.387 e. The van der Waals surface area contributed by atoms with Gasteiger partial charge in [0.25, 0.3) is 0 Å². The minimum absolute atomic E-state index is 0.0216. The number of primary amides is 1. The highest BCUT2D eigenvalue weighted by molar-refractivity contribution is 6.11. The van der Waals surface area contributed by atoms with Crippen LogP contribution >= 0.6 is 0 Å². The van der Waals surface area contributed by atoms with Crippen LogP contribution in [0.4, 0.5) is 19.3 Å². The molecule has 0 atom stereocenters. The lowest BCUT2D eigenvalue weighted by Crippen LogP contribution is -2.28. The van der Waals surface area contributed by atoms with E-state index in [-0.39, 0.29) is 23.4 Å². The number of halogens is 2. The van der Waals surface area contributed by atoms with Crippen molar-refractivity contribution in [3.05, 3.63) is 71.8 Å². The molecular weight excluding hydrogens is 462 g/mol. The molecule has 4 N–H and O–H groups in total. The van der Waals surface area contributed by atoms with Gasteiger partial charge in [0.15, 0.2) is 5.75 Å². The molecule has 0 unspecified atom stereocenters. The monoisotopic (exact) mass is 482 g/mol. The van der Waals surface area contributed by atoms with Gasteiger partial charge in [0.05, 0.1) is 18.1 Å². The molecule has 0 fully saturated rings. The highest BCUT2D eigenvalue weighted by Gasteiger charge is 2.22. The summed E-state index contributed by atoms with van der Waals surface area (Å²) < 4.78 is 39.6. The summed E-state index contributed by atoms with van der Waals surface area (Å²) >= 11 is 0. The van der Waals surface area contributed by atoms with Crippen molar-refractivity contribution in [3.63, 3.8) is 0 Å². The normalized spacial score (nSPS) is 10.9. The standard InChI is InChI=1S/C24H20F2N4O5/c1-33-18-11-10-17(22(27)31)19-20(30-35-21(18)19)16-5-3-2-4-13(16)12-28-24(32)29-14-6-8-15(9-7-14)34-23(25)26/h2-11,23H,12H2,1H3,(H2,27,31)(H2,28,29,32). The number of benzene rings is 3. The van der Waals surface area contributed by atoms with E-state index in [2.05, 4.69) is 20.5 Å². The van der Waals surface area contributed by atoms with Crippen molar-refractivity contribution in [2.24, 2.45) is 5.73 Å². The van der Waals surface area contributed by atoms with Crippen molar-refractivity contribution in [3.8, 4) is 22.8 Å². The molecule has 4 aromatic rings. The van der Waals surface area contributed by atoms with Gasteiger partial charge in [0.1, 0.15) is 11.4 Å². The van der Waals surface area contributed by atoms with Crippen LogP contribution in [0.5, 0.6) is 11.5 Å². The van der Waals surface area contributed by atoms with Gasteiger partial charge in [0.2, 0.25) is 11.5 Å². The lowest BCUT2D eigenvalue weighted by atomic mass is 9.98. The maximum atomic E-state index is 12.4. The molecule has 1 aromatic heterocycles. The Labute approximate surface area is 197 Å². The molecule has 180 valence electrons. The van der Waals surface area contributed by atoms with Crippen molar-refractivity contribution >= 4 is 28.6 Å². The quantitative estimate of drug-likeness (QED) is 0.339. The summed E-state index contributed by atoms with van der Waals surface area (Å²) in [5, 5.41) is 9.89. The molecule has 35 heavy (non-hydrogen) atoms. The number of rotatable bonds is 8. The summed E-state index contributed by atoms with van der Waals surface area (Å²) in [7, 11) is 1.47. The molecule has 0 bridgehead atoms. The fourth-order valence-electron chi connectivity index (χ4n) is 3.55. The number of nitrogens with zero attached hydrogens (tertiary/aromatic N) is 1. The molecule has 1 heterocycles. The van der Waals surface area contributed by atoms with Gasteiger partial charge in [-0.3, -0.25) is 4.79 Å². The third-order valence-corrected chi connectivity index (χ3v) is 5.12. The Morgan fingerprint density at radius 2 is 1.83 bits per heavy atom. The average Bonchev–Trinajstić information content (AvgIpc) is 3.28. The van der Waals surface area contributed by atoms with Crippen LogP contribution in [-0.4, -0.2) is 30.8 Å². The van der Waals surface area contributed by atoms with Crippen molar-refractivity contribution in [1.82, 2.24) is 10.5 Å². The third kappa shape index (κ3) is 5.13. The van der Waals surface area contributed by atoms with Gasteiger partial charge in [-0.05, 0) is 42.0 Å². The van der Waals surface area contributed by atoms with Crippen LogP contribution < -0.4 is 25.8 Å². The summed E-state index contributed by atoms with van der Waals surface area (Å²) in [4.78, 5) is 24.4. The van der Waals surface area contributed by atoms with Crippen LogP contribution in [0.2, 0.25) is 0 Å². The number of methoxy groups -OCH3 is 1. The molecule has 4 rings (SSSR count). The van der Waals surface area contributed by atoms with E-state index in [4.69, 9.17) is 15.0 Å². The highest BCUT2D eigenvalue weighted by atomic mass is 19.3. The number of hydrogen-bond acceptors (Lipinski definition) is 6. The first-order valence-electron chi connectivity index (χ1n) is 10.3. The van der Waals surface area contributed by atoms with Crippen LogP contribution in [0, 0.1) is 0 Å². The lowest BCUT2D eigenvalue weighted by molar-refractivity contribution is -0.0498. The maximum Gasteiger partial charge on any atom is 0.387 e. The Kier molecular flexibility index (Phi) is 6.76. The van der Waals surface area contributed by atoms with Gasteiger partial charge < -0.3 is 30.4 Å². The van der Waals surface area contributed by atoms with Gasteiger partial charge in [-0.1, -0.05) is 29.4 Å². The van der Waals surface area contributed by atoms with Crippen LogP contribution in [-0.2, 0) is 6.54 Å². The summed E-state index contributed by atoms with van der Waals surface area (Å²) in [6.07, 6.45) is 0. The second-order valence-corrected chi connectivity index (χ2v) is 7.28. The van der Waals surface area contributed by atoms with E-state index in [1.165, 1.54) is 37.4 Å². The fraction of sp³-hybridized carbons (Fsp3) is 0.125. The Hall–Kier alpha value is -4.67. The number of anilines is 1. The second kappa shape index (κ2) is 10.1. The summed E-state index contributed by atoms with van der Waals surface area (Å²) in [5.41, 5.74) is 8.13. The Morgan fingerprint density at radius 1 is 1.09 bits per heavy atom. The fourth-order valence-corrected chi connectivity index (χ4v) is 3.55.